The molecule has 16 heavy (non-hydrogen) atoms. The van der Waals surface area contributed by atoms with Crippen LogP contribution >= 0.6 is 0 Å². The maximum Gasteiger partial charge on any atom is 0.0543 e. The molecule has 90 valence electrons. The largest absolute Gasteiger partial charge is 0.382 e. The molecule has 2 atom stereocenters. The average Bonchev–Trinajstić information content (AvgIpc) is 2.35. The molecule has 0 bridgehead atoms. The summed E-state index contributed by atoms with van der Waals surface area (Å²) in [6.07, 6.45) is 3.35. The van der Waals surface area contributed by atoms with Crippen molar-refractivity contribution in [2.75, 3.05) is 7.11 Å². The Morgan fingerprint density at radius 1 is 1.19 bits per heavy atom. The fourth-order valence-corrected chi connectivity index (χ4v) is 1.70. The van der Waals surface area contributed by atoms with Crippen LogP contribution < -0.4 is 5.73 Å². The first-order valence-corrected chi connectivity index (χ1v) is 6.04. The second kappa shape index (κ2) is 6.66. The normalized spacial score (nSPS) is 14.8. The van der Waals surface area contributed by atoms with E-state index in [-0.39, 0.29) is 6.04 Å². The molecular formula is C14H23NO. The van der Waals surface area contributed by atoms with Crippen LogP contribution in [-0.4, -0.2) is 13.2 Å². The van der Waals surface area contributed by atoms with Crippen molar-refractivity contribution in [3.05, 3.63) is 35.4 Å². The number of hydrogen-bond donors (Lipinski definition) is 1. The summed E-state index contributed by atoms with van der Waals surface area (Å²) in [4.78, 5) is 0. The van der Waals surface area contributed by atoms with E-state index in [4.69, 9.17) is 10.5 Å². The first-order valence-electron chi connectivity index (χ1n) is 6.04. The Labute approximate surface area is 98.8 Å². The van der Waals surface area contributed by atoms with E-state index in [0.717, 1.165) is 19.3 Å². The number of nitrogens with two attached hydrogens (primary N) is 1. The van der Waals surface area contributed by atoms with E-state index in [0.29, 0.717) is 6.10 Å². The lowest BCUT2D eigenvalue weighted by atomic mass is 10.00. The minimum atomic E-state index is 0.128. The first kappa shape index (κ1) is 13.2. The van der Waals surface area contributed by atoms with Gasteiger partial charge < -0.3 is 10.5 Å². The summed E-state index contributed by atoms with van der Waals surface area (Å²) in [7, 11) is 1.74. The molecule has 0 spiro atoms. The highest BCUT2D eigenvalue weighted by Crippen LogP contribution is 2.18. The van der Waals surface area contributed by atoms with Gasteiger partial charge in [-0.2, -0.15) is 0 Å². The van der Waals surface area contributed by atoms with Crippen molar-refractivity contribution in [3.8, 4) is 0 Å². The van der Waals surface area contributed by atoms with Gasteiger partial charge in [-0.15, -0.1) is 0 Å². The van der Waals surface area contributed by atoms with E-state index in [1.165, 1.54) is 11.1 Å². The van der Waals surface area contributed by atoms with Crippen LogP contribution in [0.3, 0.4) is 0 Å². The van der Waals surface area contributed by atoms with Crippen LogP contribution in [0.15, 0.2) is 24.3 Å². The van der Waals surface area contributed by atoms with Crippen molar-refractivity contribution in [1.82, 2.24) is 0 Å². The SMILES string of the molecule is CCc1ccc(C(N)CCC(C)OC)cc1. The van der Waals surface area contributed by atoms with Crippen LogP contribution in [0.25, 0.3) is 0 Å². The summed E-state index contributed by atoms with van der Waals surface area (Å²) in [5, 5.41) is 0. The molecule has 0 fully saturated rings. The lowest BCUT2D eigenvalue weighted by Gasteiger charge is -2.15. The van der Waals surface area contributed by atoms with Gasteiger partial charge in [0.15, 0.2) is 0 Å². The van der Waals surface area contributed by atoms with Crippen molar-refractivity contribution < 1.29 is 4.74 Å². The summed E-state index contributed by atoms with van der Waals surface area (Å²) < 4.78 is 5.22. The maximum atomic E-state index is 6.13. The fraction of sp³-hybridized carbons (Fsp3) is 0.571. The zero-order chi connectivity index (χ0) is 12.0. The summed E-state index contributed by atoms with van der Waals surface area (Å²) in [5.74, 6) is 0. The van der Waals surface area contributed by atoms with Crippen LogP contribution in [0.1, 0.15) is 43.9 Å². The monoisotopic (exact) mass is 221 g/mol. The molecule has 0 aliphatic heterocycles. The van der Waals surface area contributed by atoms with Crippen LogP contribution in [0.2, 0.25) is 0 Å². The third-order valence-corrected chi connectivity index (χ3v) is 3.10. The summed E-state index contributed by atoms with van der Waals surface area (Å²) in [5.41, 5.74) is 8.72. The van der Waals surface area contributed by atoms with Gasteiger partial charge in [0.2, 0.25) is 0 Å². The Morgan fingerprint density at radius 3 is 2.31 bits per heavy atom. The zero-order valence-electron chi connectivity index (χ0n) is 10.6. The molecule has 0 saturated carbocycles. The minimum Gasteiger partial charge on any atom is -0.382 e. The molecule has 0 radical (unpaired) electrons. The standard InChI is InChI=1S/C14H23NO/c1-4-12-6-8-13(9-7-12)14(15)10-5-11(2)16-3/h6-9,11,14H,4-5,10,15H2,1-3H3. The molecule has 2 heteroatoms. The molecule has 1 aromatic rings. The predicted molar refractivity (Wildman–Crippen MR) is 68.5 cm³/mol. The Morgan fingerprint density at radius 2 is 1.81 bits per heavy atom. The van der Waals surface area contributed by atoms with Crippen LogP contribution in [-0.2, 0) is 11.2 Å². The van der Waals surface area contributed by atoms with E-state index in [1.807, 2.05) is 0 Å². The second-order valence-electron chi connectivity index (χ2n) is 4.33. The lowest BCUT2D eigenvalue weighted by molar-refractivity contribution is 0.107. The third-order valence-electron chi connectivity index (χ3n) is 3.10. The zero-order valence-corrected chi connectivity index (χ0v) is 10.6. The van der Waals surface area contributed by atoms with Crippen LogP contribution in [0.5, 0.6) is 0 Å². The van der Waals surface area contributed by atoms with Crippen molar-refractivity contribution in [2.45, 2.75) is 45.3 Å². The smallest absolute Gasteiger partial charge is 0.0543 e. The highest BCUT2D eigenvalue weighted by molar-refractivity contribution is 5.24. The third kappa shape index (κ3) is 3.95. The van der Waals surface area contributed by atoms with E-state index < -0.39 is 0 Å². The summed E-state index contributed by atoms with van der Waals surface area (Å²) in [6, 6.07) is 8.73. The Balaban J connectivity index is 2.49. The van der Waals surface area contributed by atoms with Gasteiger partial charge in [-0.05, 0) is 37.3 Å². The summed E-state index contributed by atoms with van der Waals surface area (Å²) >= 11 is 0. The van der Waals surface area contributed by atoms with Gasteiger partial charge in [-0.1, -0.05) is 31.2 Å². The van der Waals surface area contributed by atoms with Crippen molar-refractivity contribution in [1.29, 1.82) is 0 Å². The molecule has 0 heterocycles. The molecule has 1 aromatic carbocycles. The Bertz CT molecular complexity index is 294. The quantitative estimate of drug-likeness (QED) is 0.801. The molecule has 0 saturated heterocycles. The number of rotatable bonds is 6. The van der Waals surface area contributed by atoms with E-state index in [1.54, 1.807) is 7.11 Å². The lowest BCUT2D eigenvalue weighted by Crippen LogP contribution is -2.14. The molecule has 2 unspecified atom stereocenters. The predicted octanol–water partition coefficient (Wildman–Crippen LogP) is 3.06. The number of hydrogen-bond acceptors (Lipinski definition) is 2. The van der Waals surface area contributed by atoms with Crippen LogP contribution in [0, 0.1) is 0 Å². The Kier molecular flexibility index (Phi) is 5.50. The fourth-order valence-electron chi connectivity index (χ4n) is 1.70. The minimum absolute atomic E-state index is 0.128. The van der Waals surface area contributed by atoms with Gasteiger partial charge in [0.25, 0.3) is 0 Å². The van der Waals surface area contributed by atoms with E-state index in [2.05, 4.69) is 38.1 Å². The van der Waals surface area contributed by atoms with Gasteiger partial charge in [-0.3, -0.25) is 0 Å². The molecule has 2 N–H and O–H groups in total. The number of methoxy groups -OCH3 is 1. The van der Waals surface area contributed by atoms with Crippen LogP contribution in [0.4, 0.5) is 0 Å². The maximum absolute atomic E-state index is 6.13. The van der Waals surface area contributed by atoms with Crippen molar-refractivity contribution >= 4 is 0 Å². The number of benzene rings is 1. The first-order chi connectivity index (χ1) is 7.67. The van der Waals surface area contributed by atoms with Gasteiger partial charge in [0.05, 0.1) is 6.10 Å². The van der Waals surface area contributed by atoms with Gasteiger partial charge in [0.1, 0.15) is 0 Å². The Hall–Kier alpha value is -0.860. The van der Waals surface area contributed by atoms with Crippen molar-refractivity contribution in [3.63, 3.8) is 0 Å². The number of aryl methyl sites for hydroxylation is 1. The topological polar surface area (TPSA) is 35.2 Å². The molecule has 0 aromatic heterocycles. The van der Waals surface area contributed by atoms with E-state index in [9.17, 15) is 0 Å². The van der Waals surface area contributed by atoms with Gasteiger partial charge in [0, 0.05) is 13.2 Å². The van der Waals surface area contributed by atoms with Gasteiger partial charge >= 0.3 is 0 Å². The molecule has 1 rings (SSSR count). The van der Waals surface area contributed by atoms with Crippen molar-refractivity contribution in [2.24, 2.45) is 5.73 Å². The molecule has 0 amide bonds. The molecule has 2 nitrogen and oxygen atoms in total. The molecule has 0 aliphatic carbocycles. The van der Waals surface area contributed by atoms with E-state index >= 15 is 0 Å². The second-order valence-corrected chi connectivity index (χ2v) is 4.33. The summed E-state index contributed by atoms with van der Waals surface area (Å²) in [6.45, 7) is 4.24. The van der Waals surface area contributed by atoms with Gasteiger partial charge in [-0.25, -0.2) is 0 Å². The molecule has 0 aliphatic rings. The average molecular weight is 221 g/mol. The highest BCUT2D eigenvalue weighted by Gasteiger charge is 2.08. The molecular weight excluding hydrogens is 198 g/mol. The number of ether oxygens (including phenoxy) is 1. The highest BCUT2D eigenvalue weighted by atomic mass is 16.5.